The van der Waals surface area contributed by atoms with Gasteiger partial charge in [-0.2, -0.15) is 13.9 Å². The van der Waals surface area contributed by atoms with Crippen LogP contribution in [0.4, 0.5) is 8.78 Å². The van der Waals surface area contributed by atoms with Crippen molar-refractivity contribution in [3.05, 3.63) is 58.4 Å². The summed E-state index contributed by atoms with van der Waals surface area (Å²) in [4.78, 5) is 12.5. The molecule has 0 aliphatic rings. The Hall–Kier alpha value is -3.27. The number of aromatic nitrogens is 3. The van der Waals surface area contributed by atoms with E-state index >= 15 is 0 Å². The topological polar surface area (TPSA) is 81.2 Å². The van der Waals surface area contributed by atoms with Crippen molar-refractivity contribution in [3.8, 4) is 22.9 Å². The fourth-order valence-corrected chi connectivity index (χ4v) is 3.28. The number of ether oxygens (including phenoxy) is 2. The number of alkyl halides is 2. The summed E-state index contributed by atoms with van der Waals surface area (Å²) in [6.45, 7) is -0.671. The number of aromatic amines is 1. The molecule has 164 valence electrons. The number of nitrogens with one attached hydrogen (secondary N) is 2. The molecule has 0 atom stereocenters. The smallest absolute Gasteiger partial charge is 0.387 e. The Morgan fingerprint density at radius 2 is 2.06 bits per heavy atom. The lowest BCUT2D eigenvalue weighted by Gasteiger charge is -2.12. The largest absolute Gasteiger partial charge is 0.493 e. The Kier molecular flexibility index (Phi) is 7.35. The standard InChI is InChI=1S/C21H22F2N4O3S/c1-13-4-3-5-15(10-13)19-25-26-21(31)27(19)12-18(28)24-9-8-14-6-7-16(29-2)17(11-14)30-20(22)23/h3-7,10-11,20H,8-9,12H2,1-2H3,(H,24,28)(H,26,31). The maximum absolute atomic E-state index is 12.6. The van der Waals surface area contributed by atoms with Crippen LogP contribution in [0.2, 0.25) is 0 Å². The second kappa shape index (κ2) is 10.2. The molecule has 7 nitrogen and oxygen atoms in total. The van der Waals surface area contributed by atoms with Crippen molar-refractivity contribution in [2.45, 2.75) is 26.5 Å². The molecule has 3 aromatic rings. The number of hydrogen-bond acceptors (Lipinski definition) is 5. The summed E-state index contributed by atoms with van der Waals surface area (Å²) in [6, 6.07) is 12.5. The highest BCUT2D eigenvalue weighted by atomic mass is 32.1. The normalized spacial score (nSPS) is 10.9. The van der Waals surface area contributed by atoms with Crippen LogP contribution >= 0.6 is 12.2 Å². The zero-order chi connectivity index (χ0) is 22.4. The van der Waals surface area contributed by atoms with E-state index in [4.69, 9.17) is 17.0 Å². The molecule has 0 radical (unpaired) electrons. The number of H-pyrrole nitrogens is 1. The van der Waals surface area contributed by atoms with Crippen molar-refractivity contribution < 1.29 is 23.0 Å². The van der Waals surface area contributed by atoms with Gasteiger partial charge < -0.3 is 14.8 Å². The van der Waals surface area contributed by atoms with Crippen LogP contribution < -0.4 is 14.8 Å². The van der Waals surface area contributed by atoms with Crippen molar-refractivity contribution in [2.75, 3.05) is 13.7 Å². The summed E-state index contributed by atoms with van der Waals surface area (Å²) in [7, 11) is 1.37. The molecular weight excluding hydrogens is 426 g/mol. The van der Waals surface area contributed by atoms with Gasteiger partial charge in [-0.05, 0) is 49.3 Å². The molecule has 2 aromatic carbocycles. The van der Waals surface area contributed by atoms with E-state index in [1.165, 1.54) is 13.2 Å². The van der Waals surface area contributed by atoms with Crippen molar-refractivity contribution in [1.29, 1.82) is 0 Å². The van der Waals surface area contributed by atoms with Crippen molar-refractivity contribution >= 4 is 18.1 Å². The third-order valence-corrected chi connectivity index (χ3v) is 4.83. The van der Waals surface area contributed by atoms with E-state index in [1.807, 2.05) is 31.2 Å². The first-order chi connectivity index (χ1) is 14.9. The van der Waals surface area contributed by atoms with Crippen LogP contribution in [0, 0.1) is 11.7 Å². The van der Waals surface area contributed by atoms with Gasteiger partial charge in [0.1, 0.15) is 6.54 Å². The van der Waals surface area contributed by atoms with Crippen LogP contribution in [-0.4, -0.2) is 40.9 Å². The summed E-state index contributed by atoms with van der Waals surface area (Å²) < 4.78 is 36.6. The monoisotopic (exact) mass is 448 g/mol. The summed E-state index contributed by atoms with van der Waals surface area (Å²) >= 11 is 5.26. The first-order valence-electron chi connectivity index (χ1n) is 9.48. The summed E-state index contributed by atoms with van der Waals surface area (Å²) in [6.07, 6.45) is 0.427. The van der Waals surface area contributed by atoms with Crippen molar-refractivity contribution in [2.24, 2.45) is 0 Å². The quantitative estimate of drug-likeness (QED) is 0.486. The molecule has 10 heteroatoms. The predicted octanol–water partition coefficient (Wildman–Crippen LogP) is 3.89. The van der Waals surface area contributed by atoms with E-state index in [0.717, 1.165) is 16.7 Å². The molecule has 0 saturated heterocycles. The average Bonchev–Trinajstić information content (AvgIpc) is 3.08. The molecule has 0 aliphatic carbocycles. The number of halogens is 2. The molecule has 31 heavy (non-hydrogen) atoms. The van der Waals surface area contributed by atoms with Crippen molar-refractivity contribution in [1.82, 2.24) is 20.1 Å². The second-order valence-corrected chi connectivity index (χ2v) is 7.16. The number of rotatable bonds is 9. The minimum Gasteiger partial charge on any atom is -0.493 e. The molecule has 3 rings (SSSR count). The van der Waals surface area contributed by atoms with Crippen LogP contribution in [0.5, 0.6) is 11.5 Å². The number of carbonyl (C=O) groups excluding carboxylic acids is 1. The lowest BCUT2D eigenvalue weighted by atomic mass is 10.1. The Morgan fingerprint density at radius 1 is 1.26 bits per heavy atom. The highest BCUT2D eigenvalue weighted by molar-refractivity contribution is 7.71. The van der Waals surface area contributed by atoms with Gasteiger partial charge in [0, 0.05) is 12.1 Å². The minimum atomic E-state index is -2.95. The molecule has 0 saturated carbocycles. The lowest BCUT2D eigenvalue weighted by molar-refractivity contribution is -0.121. The first kappa shape index (κ1) is 22.4. The average molecular weight is 448 g/mol. The highest BCUT2D eigenvalue weighted by Crippen LogP contribution is 2.29. The van der Waals surface area contributed by atoms with E-state index in [9.17, 15) is 13.6 Å². The SMILES string of the molecule is COc1ccc(CCNC(=O)Cn2c(-c3cccc(C)c3)n[nH]c2=S)cc1OC(F)F. The highest BCUT2D eigenvalue weighted by Gasteiger charge is 2.14. The maximum atomic E-state index is 12.6. The molecule has 0 fully saturated rings. The Labute approximate surface area is 183 Å². The third kappa shape index (κ3) is 5.88. The first-order valence-corrected chi connectivity index (χ1v) is 9.89. The van der Waals surface area contributed by atoms with Crippen molar-refractivity contribution in [3.63, 3.8) is 0 Å². The van der Waals surface area contributed by atoms with Gasteiger partial charge >= 0.3 is 6.61 Å². The zero-order valence-electron chi connectivity index (χ0n) is 17.0. The number of nitrogens with zero attached hydrogens (tertiary/aromatic N) is 2. The van der Waals surface area contributed by atoms with Crippen LogP contribution in [-0.2, 0) is 17.8 Å². The summed E-state index contributed by atoms with van der Waals surface area (Å²) in [5.41, 5.74) is 2.64. The maximum Gasteiger partial charge on any atom is 0.387 e. The van der Waals surface area contributed by atoms with Gasteiger partial charge in [-0.15, -0.1) is 0 Å². The van der Waals surface area contributed by atoms with Crippen LogP contribution in [0.25, 0.3) is 11.4 Å². The molecule has 0 bridgehead atoms. The van der Waals surface area contributed by atoms with Crippen LogP contribution in [0.15, 0.2) is 42.5 Å². The van der Waals surface area contributed by atoms with Gasteiger partial charge in [0.15, 0.2) is 22.1 Å². The molecule has 0 spiro atoms. The molecule has 1 amide bonds. The van der Waals surface area contributed by atoms with Gasteiger partial charge in [0.2, 0.25) is 5.91 Å². The molecule has 0 aliphatic heterocycles. The number of carbonyl (C=O) groups is 1. The van der Waals surface area contributed by atoms with Gasteiger partial charge in [0.25, 0.3) is 0 Å². The number of amides is 1. The number of methoxy groups -OCH3 is 1. The fourth-order valence-electron chi connectivity index (χ4n) is 3.08. The van der Waals surface area contributed by atoms with E-state index in [1.54, 1.807) is 16.7 Å². The zero-order valence-corrected chi connectivity index (χ0v) is 17.8. The predicted molar refractivity (Wildman–Crippen MR) is 114 cm³/mol. The summed E-state index contributed by atoms with van der Waals surface area (Å²) in [5, 5.41) is 9.77. The van der Waals surface area contributed by atoms with E-state index in [2.05, 4.69) is 20.3 Å². The lowest BCUT2D eigenvalue weighted by Crippen LogP contribution is -2.29. The summed E-state index contributed by atoms with van der Waals surface area (Å²) in [5.74, 6) is 0.497. The Morgan fingerprint density at radius 3 is 2.77 bits per heavy atom. The second-order valence-electron chi connectivity index (χ2n) is 6.77. The van der Waals surface area contributed by atoms with Gasteiger partial charge in [0.05, 0.1) is 7.11 Å². The number of aryl methyl sites for hydroxylation is 1. The number of benzene rings is 2. The molecule has 0 unspecified atom stereocenters. The van der Waals surface area contributed by atoms with E-state index in [0.29, 0.717) is 23.6 Å². The minimum absolute atomic E-state index is 0.000957. The van der Waals surface area contributed by atoms with Gasteiger partial charge in [-0.1, -0.05) is 29.8 Å². The van der Waals surface area contributed by atoms with Crippen LogP contribution in [0.1, 0.15) is 11.1 Å². The molecule has 1 aromatic heterocycles. The van der Waals surface area contributed by atoms with Gasteiger partial charge in [-0.25, -0.2) is 0 Å². The Bertz CT molecular complexity index is 1110. The molecule has 1 heterocycles. The van der Waals surface area contributed by atoms with Crippen LogP contribution in [0.3, 0.4) is 0 Å². The molecular formula is C21H22F2N4O3S. The van der Waals surface area contributed by atoms with Gasteiger partial charge in [-0.3, -0.25) is 14.5 Å². The molecule has 2 N–H and O–H groups in total. The van der Waals surface area contributed by atoms with E-state index in [-0.39, 0.29) is 24.0 Å². The van der Waals surface area contributed by atoms with E-state index < -0.39 is 6.61 Å². The fraction of sp³-hybridized carbons (Fsp3) is 0.286. The third-order valence-electron chi connectivity index (χ3n) is 4.52. The Balaban J connectivity index is 1.62. The number of hydrogen-bond donors (Lipinski definition) is 2.